The zero-order valence-corrected chi connectivity index (χ0v) is 10.3. The fraction of sp³-hybridized carbons (Fsp3) is 0.727. The number of H-pyrrole nitrogens is 1. The average molecular weight is 225 g/mol. The van der Waals surface area contributed by atoms with Crippen LogP contribution in [0.15, 0.2) is 6.20 Å². The number of aryl methyl sites for hydroxylation is 1. The van der Waals surface area contributed by atoms with Crippen molar-refractivity contribution in [3.63, 3.8) is 0 Å². The van der Waals surface area contributed by atoms with Crippen LogP contribution >= 0.6 is 12.2 Å². The number of rotatable bonds is 2. The summed E-state index contributed by atoms with van der Waals surface area (Å²) >= 11 is 5.27. The molecule has 0 saturated carbocycles. The van der Waals surface area contributed by atoms with Gasteiger partial charge in [-0.2, -0.15) is 0 Å². The largest absolute Gasteiger partial charge is 0.337 e. The van der Waals surface area contributed by atoms with Crippen LogP contribution in [0.4, 0.5) is 0 Å². The molecule has 0 amide bonds. The Morgan fingerprint density at radius 1 is 1.53 bits per heavy atom. The number of piperidine rings is 1. The molecular formula is C11H19N3S. The van der Waals surface area contributed by atoms with Gasteiger partial charge in [-0.3, -0.25) is 0 Å². The molecule has 1 N–H and O–H groups in total. The third-order valence-electron chi connectivity index (χ3n) is 3.39. The number of aromatic amines is 1. The van der Waals surface area contributed by atoms with Crippen LogP contribution in [0.5, 0.6) is 0 Å². The maximum Gasteiger partial charge on any atom is 0.177 e. The van der Waals surface area contributed by atoms with Crippen LogP contribution in [0, 0.1) is 11.7 Å². The summed E-state index contributed by atoms with van der Waals surface area (Å²) in [6.45, 7) is 4.36. The zero-order chi connectivity index (χ0) is 10.8. The quantitative estimate of drug-likeness (QED) is 0.781. The Morgan fingerprint density at radius 2 is 2.33 bits per heavy atom. The van der Waals surface area contributed by atoms with Crippen LogP contribution in [-0.2, 0) is 6.54 Å². The Hall–Kier alpha value is -0.610. The second-order valence-corrected chi connectivity index (χ2v) is 4.86. The van der Waals surface area contributed by atoms with Crippen LogP contribution in [-0.4, -0.2) is 34.1 Å². The van der Waals surface area contributed by atoms with E-state index in [-0.39, 0.29) is 0 Å². The Morgan fingerprint density at radius 3 is 2.93 bits per heavy atom. The minimum Gasteiger partial charge on any atom is -0.337 e. The lowest BCUT2D eigenvalue weighted by Crippen LogP contribution is -2.39. The molecule has 1 fully saturated rings. The van der Waals surface area contributed by atoms with Crippen molar-refractivity contribution in [1.82, 2.24) is 14.5 Å². The van der Waals surface area contributed by atoms with Gasteiger partial charge in [-0.15, -0.1) is 0 Å². The molecule has 0 aliphatic carbocycles. The van der Waals surface area contributed by atoms with E-state index >= 15 is 0 Å². The maximum absolute atomic E-state index is 5.27. The number of nitrogens with one attached hydrogen (secondary N) is 1. The van der Waals surface area contributed by atoms with Gasteiger partial charge in [-0.05, 0) is 45.6 Å². The number of hydrogen-bond acceptors (Lipinski definition) is 2. The second kappa shape index (κ2) is 4.49. The Labute approximate surface area is 96.1 Å². The summed E-state index contributed by atoms with van der Waals surface area (Å²) in [5.41, 5.74) is 1.24. The minimum atomic E-state index is 0.653. The molecule has 3 nitrogen and oxygen atoms in total. The molecule has 0 bridgehead atoms. The van der Waals surface area contributed by atoms with Gasteiger partial charge >= 0.3 is 0 Å². The summed E-state index contributed by atoms with van der Waals surface area (Å²) in [5.74, 6) is 0. The number of imidazole rings is 1. The van der Waals surface area contributed by atoms with Gasteiger partial charge in [-0.25, -0.2) is 0 Å². The summed E-state index contributed by atoms with van der Waals surface area (Å²) in [4.78, 5) is 5.56. The van der Waals surface area contributed by atoms with E-state index in [0.29, 0.717) is 6.04 Å². The summed E-state index contributed by atoms with van der Waals surface area (Å²) in [6.07, 6.45) is 5.98. The van der Waals surface area contributed by atoms with Crippen LogP contribution in [0.25, 0.3) is 0 Å². The smallest absolute Gasteiger partial charge is 0.177 e. The highest BCUT2D eigenvalue weighted by Gasteiger charge is 2.19. The highest BCUT2D eigenvalue weighted by atomic mass is 32.1. The first kappa shape index (κ1) is 10.9. The van der Waals surface area contributed by atoms with Gasteiger partial charge < -0.3 is 14.5 Å². The average Bonchev–Trinajstić information content (AvgIpc) is 2.53. The van der Waals surface area contributed by atoms with Crippen molar-refractivity contribution in [3.05, 3.63) is 16.7 Å². The van der Waals surface area contributed by atoms with E-state index in [4.69, 9.17) is 12.2 Å². The van der Waals surface area contributed by atoms with Crippen LogP contribution in [0.2, 0.25) is 0 Å². The summed E-state index contributed by atoms with van der Waals surface area (Å²) < 4.78 is 3.06. The van der Waals surface area contributed by atoms with Crippen molar-refractivity contribution < 1.29 is 0 Å². The van der Waals surface area contributed by atoms with E-state index in [0.717, 1.165) is 11.3 Å². The summed E-state index contributed by atoms with van der Waals surface area (Å²) in [5, 5.41) is 0. The molecule has 1 aliphatic rings. The fourth-order valence-electron chi connectivity index (χ4n) is 2.29. The van der Waals surface area contributed by atoms with E-state index in [1.807, 2.05) is 6.20 Å². The molecule has 0 aromatic carbocycles. The Balaban J connectivity index is 2.10. The first-order valence-electron chi connectivity index (χ1n) is 5.63. The number of hydrogen-bond donors (Lipinski definition) is 1. The molecule has 15 heavy (non-hydrogen) atoms. The molecule has 2 heterocycles. The van der Waals surface area contributed by atoms with Crippen LogP contribution < -0.4 is 0 Å². The fourth-order valence-corrected chi connectivity index (χ4v) is 2.57. The Bertz CT molecular complexity index is 379. The molecule has 1 aromatic heterocycles. The number of aromatic nitrogens is 2. The van der Waals surface area contributed by atoms with E-state index in [1.165, 1.54) is 31.5 Å². The minimum absolute atomic E-state index is 0.653. The number of nitrogens with zero attached hydrogens (tertiary/aromatic N) is 2. The molecule has 1 aromatic rings. The van der Waals surface area contributed by atoms with Gasteiger partial charge in [0, 0.05) is 24.5 Å². The third kappa shape index (κ3) is 2.32. The van der Waals surface area contributed by atoms with Gasteiger partial charge in [-0.1, -0.05) is 6.42 Å². The lowest BCUT2D eigenvalue weighted by molar-refractivity contribution is 0.166. The monoisotopic (exact) mass is 225 g/mol. The lowest BCUT2D eigenvalue weighted by atomic mass is 10.0. The molecule has 84 valence electrons. The molecule has 1 unspecified atom stereocenters. The van der Waals surface area contributed by atoms with E-state index in [2.05, 4.69) is 28.4 Å². The van der Waals surface area contributed by atoms with Gasteiger partial charge in [0.1, 0.15) is 0 Å². The first-order chi connectivity index (χ1) is 7.18. The van der Waals surface area contributed by atoms with E-state index in [1.54, 1.807) is 0 Å². The second-order valence-electron chi connectivity index (χ2n) is 4.48. The van der Waals surface area contributed by atoms with E-state index < -0.39 is 0 Å². The van der Waals surface area contributed by atoms with Crippen molar-refractivity contribution in [1.29, 1.82) is 0 Å². The maximum atomic E-state index is 5.27. The van der Waals surface area contributed by atoms with Gasteiger partial charge in [0.15, 0.2) is 4.77 Å². The van der Waals surface area contributed by atoms with Crippen molar-refractivity contribution in [3.8, 4) is 0 Å². The zero-order valence-electron chi connectivity index (χ0n) is 9.49. The normalized spacial score (nSPS) is 23.2. The molecule has 4 heteroatoms. The van der Waals surface area contributed by atoms with Crippen molar-refractivity contribution in [2.24, 2.45) is 0 Å². The SMILES string of the molecule is Cc1c[nH]c(=S)n1CC1CCCCN1C. The molecule has 0 spiro atoms. The van der Waals surface area contributed by atoms with Gasteiger partial charge in [0.2, 0.25) is 0 Å². The van der Waals surface area contributed by atoms with E-state index in [9.17, 15) is 0 Å². The highest BCUT2D eigenvalue weighted by Crippen LogP contribution is 2.17. The predicted molar refractivity (Wildman–Crippen MR) is 64.6 cm³/mol. The Kier molecular flexibility index (Phi) is 3.26. The first-order valence-corrected chi connectivity index (χ1v) is 6.04. The van der Waals surface area contributed by atoms with Crippen molar-refractivity contribution in [2.75, 3.05) is 13.6 Å². The molecule has 2 rings (SSSR count). The van der Waals surface area contributed by atoms with Gasteiger partial charge in [0.05, 0.1) is 0 Å². The predicted octanol–water partition coefficient (Wildman–Crippen LogP) is 2.34. The van der Waals surface area contributed by atoms with Crippen LogP contribution in [0.1, 0.15) is 25.0 Å². The summed E-state index contributed by atoms with van der Waals surface area (Å²) in [6, 6.07) is 0.653. The standard InChI is InChI=1S/C11H19N3S/c1-9-7-12-11(15)14(9)8-10-5-3-4-6-13(10)2/h7,10H,3-6,8H2,1-2H3,(H,12,15). The lowest BCUT2D eigenvalue weighted by Gasteiger charge is -2.32. The van der Waals surface area contributed by atoms with Crippen LogP contribution in [0.3, 0.4) is 0 Å². The van der Waals surface area contributed by atoms with Crippen molar-refractivity contribution in [2.45, 2.75) is 38.8 Å². The molecule has 0 radical (unpaired) electrons. The van der Waals surface area contributed by atoms with Crippen molar-refractivity contribution >= 4 is 12.2 Å². The molecule has 1 aliphatic heterocycles. The molecule has 1 atom stereocenters. The molecule has 1 saturated heterocycles. The third-order valence-corrected chi connectivity index (χ3v) is 3.73. The topological polar surface area (TPSA) is 24.0 Å². The molecular weight excluding hydrogens is 206 g/mol. The summed E-state index contributed by atoms with van der Waals surface area (Å²) in [7, 11) is 2.22. The highest BCUT2D eigenvalue weighted by molar-refractivity contribution is 7.71. The van der Waals surface area contributed by atoms with Gasteiger partial charge in [0.25, 0.3) is 0 Å². The number of likely N-dealkylation sites (tertiary alicyclic amines) is 1. The number of likely N-dealkylation sites (N-methyl/N-ethyl adjacent to an activating group) is 1.